The van der Waals surface area contributed by atoms with Crippen molar-refractivity contribution in [2.24, 2.45) is 0 Å². The van der Waals surface area contributed by atoms with E-state index in [1.807, 2.05) is 6.92 Å². The normalized spacial score (nSPS) is 10.1. The van der Waals surface area contributed by atoms with Crippen molar-refractivity contribution in [2.45, 2.75) is 24.7 Å². The highest BCUT2D eigenvalue weighted by Gasteiger charge is 2.11. The van der Waals surface area contributed by atoms with E-state index in [1.165, 1.54) is 18.2 Å². The van der Waals surface area contributed by atoms with Crippen LogP contribution in [0.2, 0.25) is 0 Å². The molecular weight excluding hydrogens is 267 g/mol. The number of thiol groups is 1. The number of carbonyl (C=O) groups is 2. The lowest BCUT2D eigenvalue weighted by Crippen LogP contribution is -2.31. The van der Waals surface area contributed by atoms with E-state index in [0.29, 0.717) is 11.4 Å². The number of hydrogen-bond acceptors (Lipinski definition) is 3. The minimum absolute atomic E-state index is 0.0681. The second-order valence-electron chi connectivity index (χ2n) is 4.02. The van der Waals surface area contributed by atoms with Gasteiger partial charge in [0, 0.05) is 24.4 Å². The molecule has 0 saturated heterocycles. The van der Waals surface area contributed by atoms with E-state index in [-0.39, 0.29) is 24.4 Å². The molecule has 2 N–H and O–H groups in total. The standard InChI is InChI=1S/C13H17FN2O2S/c1-2-6-15-12(17)5-7-16-13(18)10-8-9(19)3-4-11(10)14/h3-4,8,19H,2,5-7H2,1H3,(H,15,17)(H,16,18). The zero-order chi connectivity index (χ0) is 14.3. The highest BCUT2D eigenvalue weighted by Crippen LogP contribution is 2.13. The summed E-state index contributed by atoms with van der Waals surface area (Å²) in [6, 6.07) is 4.00. The molecule has 0 unspecified atom stereocenters. The van der Waals surface area contributed by atoms with Gasteiger partial charge in [-0.05, 0) is 24.6 Å². The van der Waals surface area contributed by atoms with Crippen molar-refractivity contribution in [3.8, 4) is 0 Å². The number of amides is 2. The predicted molar refractivity (Wildman–Crippen MR) is 73.9 cm³/mol. The van der Waals surface area contributed by atoms with Gasteiger partial charge in [-0.2, -0.15) is 0 Å². The lowest BCUT2D eigenvalue weighted by molar-refractivity contribution is -0.120. The fourth-order valence-electron chi connectivity index (χ4n) is 1.42. The molecule has 1 aromatic carbocycles. The van der Waals surface area contributed by atoms with Crippen molar-refractivity contribution in [1.82, 2.24) is 10.6 Å². The van der Waals surface area contributed by atoms with Gasteiger partial charge in [0.2, 0.25) is 5.91 Å². The highest BCUT2D eigenvalue weighted by molar-refractivity contribution is 7.80. The minimum atomic E-state index is -0.606. The van der Waals surface area contributed by atoms with Crippen LogP contribution in [0.5, 0.6) is 0 Å². The molecule has 0 fully saturated rings. The van der Waals surface area contributed by atoms with Crippen LogP contribution in [0.25, 0.3) is 0 Å². The van der Waals surface area contributed by atoms with E-state index in [0.717, 1.165) is 6.42 Å². The number of carbonyl (C=O) groups excluding carboxylic acids is 2. The molecule has 4 nitrogen and oxygen atoms in total. The Morgan fingerprint density at radius 3 is 2.68 bits per heavy atom. The molecule has 0 heterocycles. The van der Waals surface area contributed by atoms with Crippen molar-refractivity contribution < 1.29 is 14.0 Å². The van der Waals surface area contributed by atoms with Crippen molar-refractivity contribution in [3.05, 3.63) is 29.6 Å². The molecule has 0 bridgehead atoms. The lowest BCUT2D eigenvalue weighted by atomic mass is 10.2. The first-order valence-corrected chi connectivity index (χ1v) is 6.52. The predicted octanol–water partition coefficient (Wildman–Crippen LogP) is 1.76. The fraction of sp³-hybridized carbons (Fsp3) is 0.385. The van der Waals surface area contributed by atoms with Crippen LogP contribution in [0.15, 0.2) is 23.1 Å². The molecule has 1 rings (SSSR count). The molecule has 19 heavy (non-hydrogen) atoms. The average Bonchev–Trinajstić information content (AvgIpc) is 2.39. The topological polar surface area (TPSA) is 58.2 Å². The van der Waals surface area contributed by atoms with Crippen LogP contribution >= 0.6 is 12.6 Å². The van der Waals surface area contributed by atoms with Crippen LogP contribution in [0, 0.1) is 5.82 Å². The van der Waals surface area contributed by atoms with Gasteiger partial charge in [-0.15, -0.1) is 12.6 Å². The summed E-state index contributed by atoms with van der Waals surface area (Å²) in [6.07, 6.45) is 1.03. The molecule has 0 aliphatic carbocycles. The number of nitrogens with one attached hydrogen (secondary N) is 2. The Kier molecular flexibility index (Phi) is 6.35. The molecule has 0 aromatic heterocycles. The first-order valence-electron chi connectivity index (χ1n) is 6.08. The third kappa shape index (κ3) is 5.30. The molecular formula is C13H17FN2O2S. The Bertz CT molecular complexity index is 466. The highest BCUT2D eigenvalue weighted by atomic mass is 32.1. The van der Waals surface area contributed by atoms with Crippen molar-refractivity contribution in [3.63, 3.8) is 0 Å². The van der Waals surface area contributed by atoms with Gasteiger partial charge in [-0.25, -0.2) is 4.39 Å². The van der Waals surface area contributed by atoms with Gasteiger partial charge in [-0.3, -0.25) is 9.59 Å². The SMILES string of the molecule is CCCNC(=O)CCNC(=O)c1cc(S)ccc1F. The third-order valence-corrected chi connectivity index (χ3v) is 2.68. The summed E-state index contributed by atoms with van der Waals surface area (Å²) < 4.78 is 13.4. The van der Waals surface area contributed by atoms with E-state index in [4.69, 9.17) is 0 Å². The molecule has 0 aliphatic rings. The largest absolute Gasteiger partial charge is 0.356 e. The molecule has 0 atom stereocenters. The number of hydrogen-bond donors (Lipinski definition) is 3. The second-order valence-corrected chi connectivity index (χ2v) is 4.54. The quantitative estimate of drug-likeness (QED) is 0.697. The Morgan fingerprint density at radius 1 is 1.26 bits per heavy atom. The van der Waals surface area contributed by atoms with Crippen LogP contribution in [0.4, 0.5) is 4.39 Å². The summed E-state index contributed by atoms with van der Waals surface area (Å²) >= 11 is 4.05. The Balaban J connectivity index is 2.43. The Hall–Kier alpha value is -1.56. The summed E-state index contributed by atoms with van der Waals surface area (Å²) in [6.45, 7) is 2.74. The van der Waals surface area contributed by atoms with Crippen LogP contribution in [-0.2, 0) is 4.79 Å². The van der Waals surface area contributed by atoms with Gasteiger partial charge in [0.05, 0.1) is 5.56 Å². The maximum atomic E-state index is 13.4. The first kappa shape index (κ1) is 15.5. The van der Waals surface area contributed by atoms with E-state index >= 15 is 0 Å². The van der Waals surface area contributed by atoms with Crippen LogP contribution in [0.3, 0.4) is 0 Å². The van der Waals surface area contributed by atoms with Crippen molar-refractivity contribution in [1.29, 1.82) is 0 Å². The molecule has 2 amide bonds. The number of benzene rings is 1. The number of rotatable bonds is 6. The first-order chi connectivity index (χ1) is 9.04. The second kappa shape index (κ2) is 7.78. The Labute approximate surface area is 117 Å². The smallest absolute Gasteiger partial charge is 0.254 e. The molecule has 0 saturated carbocycles. The van der Waals surface area contributed by atoms with Gasteiger partial charge in [0.15, 0.2) is 0 Å². The van der Waals surface area contributed by atoms with Crippen LogP contribution in [0.1, 0.15) is 30.1 Å². The summed E-state index contributed by atoms with van der Waals surface area (Å²) in [5, 5.41) is 5.19. The summed E-state index contributed by atoms with van der Waals surface area (Å²) in [4.78, 5) is 23.5. The van der Waals surface area contributed by atoms with Gasteiger partial charge in [0.25, 0.3) is 5.91 Å². The monoisotopic (exact) mass is 284 g/mol. The van der Waals surface area contributed by atoms with E-state index in [2.05, 4.69) is 23.3 Å². The minimum Gasteiger partial charge on any atom is -0.356 e. The summed E-state index contributed by atoms with van der Waals surface area (Å²) in [7, 11) is 0. The van der Waals surface area contributed by atoms with E-state index < -0.39 is 11.7 Å². The van der Waals surface area contributed by atoms with Gasteiger partial charge >= 0.3 is 0 Å². The molecule has 0 radical (unpaired) electrons. The zero-order valence-corrected chi connectivity index (χ0v) is 11.6. The van der Waals surface area contributed by atoms with Crippen molar-refractivity contribution >= 4 is 24.4 Å². The maximum absolute atomic E-state index is 13.4. The van der Waals surface area contributed by atoms with Gasteiger partial charge in [-0.1, -0.05) is 6.92 Å². The molecule has 104 valence electrons. The van der Waals surface area contributed by atoms with Gasteiger partial charge in [0.1, 0.15) is 5.82 Å². The van der Waals surface area contributed by atoms with Crippen LogP contribution < -0.4 is 10.6 Å². The molecule has 0 spiro atoms. The van der Waals surface area contributed by atoms with Crippen molar-refractivity contribution in [2.75, 3.05) is 13.1 Å². The average molecular weight is 284 g/mol. The summed E-state index contributed by atoms with van der Waals surface area (Å²) in [5.41, 5.74) is -0.0681. The number of halogens is 1. The maximum Gasteiger partial charge on any atom is 0.254 e. The lowest BCUT2D eigenvalue weighted by Gasteiger charge is -2.07. The third-order valence-electron chi connectivity index (χ3n) is 2.40. The van der Waals surface area contributed by atoms with E-state index in [1.54, 1.807) is 0 Å². The Morgan fingerprint density at radius 2 is 2.00 bits per heavy atom. The molecule has 6 heteroatoms. The summed E-state index contributed by atoms with van der Waals surface area (Å²) in [5.74, 6) is -1.28. The van der Waals surface area contributed by atoms with Crippen LogP contribution in [-0.4, -0.2) is 24.9 Å². The molecule has 1 aromatic rings. The van der Waals surface area contributed by atoms with E-state index in [9.17, 15) is 14.0 Å². The molecule has 0 aliphatic heterocycles. The fourth-order valence-corrected chi connectivity index (χ4v) is 1.63. The zero-order valence-electron chi connectivity index (χ0n) is 10.7. The van der Waals surface area contributed by atoms with Gasteiger partial charge < -0.3 is 10.6 Å².